The van der Waals surface area contributed by atoms with Crippen molar-refractivity contribution in [3.63, 3.8) is 0 Å². The molecule has 0 aliphatic carbocycles. The molecule has 0 amide bonds. The van der Waals surface area contributed by atoms with E-state index in [2.05, 4.69) is 58.6 Å². The number of hydrogen-bond donors (Lipinski definition) is 0. The first-order valence-electron chi connectivity index (χ1n) is 13.3. The van der Waals surface area contributed by atoms with Crippen molar-refractivity contribution in [2.24, 2.45) is 4.99 Å². The van der Waals surface area contributed by atoms with Gasteiger partial charge in [-0.05, 0) is 51.7 Å². The molecule has 0 radical (unpaired) electrons. The summed E-state index contributed by atoms with van der Waals surface area (Å²) >= 11 is 1.68. The lowest BCUT2D eigenvalue weighted by molar-refractivity contribution is 0.0550. The molecule has 2 aliphatic heterocycles. The number of aromatic nitrogens is 2. The summed E-state index contributed by atoms with van der Waals surface area (Å²) < 4.78 is 22.0. The number of ether oxygens (including phenoxy) is 1. The Bertz CT molecular complexity index is 1260. The third kappa shape index (κ3) is 6.77. The molecule has 0 N–H and O–H groups in total. The van der Waals surface area contributed by atoms with E-state index in [4.69, 9.17) is 14.8 Å². The van der Waals surface area contributed by atoms with E-state index in [0.29, 0.717) is 6.54 Å². The van der Waals surface area contributed by atoms with Crippen LogP contribution >= 0.6 is 11.3 Å². The van der Waals surface area contributed by atoms with Crippen LogP contribution < -0.4 is 0 Å². The third-order valence-electron chi connectivity index (χ3n) is 7.14. The summed E-state index contributed by atoms with van der Waals surface area (Å²) in [5.41, 5.74) is 4.09. The number of aryl methyl sites for hydroxylation is 1. The van der Waals surface area contributed by atoms with Crippen LogP contribution in [0.3, 0.4) is 0 Å². The predicted molar refractivity (Wildman–Crippen MR) is 153 cm³/mol. The Morgan fingerprint density at radius 1 is 1.21 bits per heavy atom. The molecule has 2 unspecified atom stereocenters. The van der Waals surface area contributed by atoms with Gasteiger partial charge in [0.15, 0.2) is 5.84 Å². The number of thiophene rings is 1. The summed E-state index contributed by atoms with van der Waals surface area (Å²) in [7, 11) is 3.93. The Hall–Kier alpha value is -2.85. The molecule has 202 valence electrons. The second kappa shape index (κ2) is 12.3. The molecule has 2 atom stereocenters. The fourth-order valence-electron chi connectivity index (χ4n) is 5.02. The minimum Gasteiger partial charge on any atom is -0.378 e. The zero-order valence-electron chi connectivity index (χ0n) is 22.5. The normalized spacial score (nSPS) is 21.6. The van der Waals surface area contributed by atoms with Crippen LogP contribution in [0.25, 0.3) is 11.3 Å². The molecule has 2 saturated heterocycles. The number of halogens is 1. The highest BCUT2D eigenvalue weighted by molar-refractivity contribution is 7.10. The Balaban J connectivity index is 1.34. The number of morpholine rings is 1. The van der Waals surface area contributed by atoms with E-state index in [1.54, 1.807) is 11.3 Å². The number of rotatable bonds is 7. The van der Waals surface area contributed by atoms with Gasteiger partial charge in [-0.1, -0.05) is 23.8 Å². The van der Waals surface area contributed by atoms with Crippen LogP contribution in [0.2, 0.25) is 0 Å². The van der Waals surface area contributed by atoms with Gasteiger partial charge in [-0.2, -0.15) is 5.10 Å². The Kier molecular flexibility index (Phi) is 8.68. The summed E-state index contributed by atoms with van der Waals surface area (Å²) in [6, 6.07) is 12.5. The molecule has 0 bridgehead atoms. The van der Waals surface area contributed by atoms with Crippen LogP contribution in [0.5, 0.6) is 0 Å². The first kappa shape index (κ1) is 26.7. The van der Waals surface area contributed by atoms with E-state index in [1.807, 2.05) is 42.0 Å². The maximum Gasteiger partial charge on any atom is 0.155 e. The number of aliphatic imine (C=N–C) groups is 1. The van der Waals surface area contributed by atoms with Crippen molar-refractivity contribution in [1.82, 2.24) is 24.5 Å². The van der Waals surface area contributed by atoms with Crippen LogP contribution in [0.4, 0.5) is 10.1 Å². The first-order chi connectivity index (χ1) is 18.4. The van der Waals surface area contributed by atoms with Gasteiger partial charge in [0.1, 0.15) is 6.17 Å². The molecule has 38 heavy (non-hydrogen) atoms. The Morgan fingerprint density at radius 2 is 2.05 bits per heavy atom. The monoisotopic (exact) mass is 536 g/mol. The number of benzene rings is 1. The van der Waals surface area contributed by atoms with Crippen LogP contribution in [0, 0.1) is 6.92 Å². The van der Waals surface area contributed by atoms with E-state index >= 15 is 0 Å². The average Bonchev–Trinajstić information content (AvgIpc) is 3.57. The van der Waals surface area contributed by atoms with Gasteiger partial charge in [0.2, 0.25) is 0 Å². The molecule has 5 rings (SSSR count). The average molecular weight is 537 g/mol. The standard InChI is InChI=1S/C29H37FN6OS/c1-22-5-4-6-23(17-22)27-7-12-36(32-27)29(9-11-34-13-15-37-16-14-34)31-24-18-25(38-21-24)19-35-10-8-28(33(2)3)26(30)20-35/h4-7,9,11-12,17-18,21,26,28H,8,10,13-16,19-20H2,1-3H3/b11-9+,31-29?. The van der Waals surface area contributed by atoms with Gasteiger partial charge in [-0.15, -0.1) is 11.3 Å². The van der Waals surface area contributed by atoms with E-state index in [-0.39, 0.29) is 6.04 Å². The molecule has 1 aromatic carbocycles. The number of hydrogen-bond acceptors (Lipinski definition) is 7. The fraction of sp³-hybridized carbons (Fsp3) is 0.448. The Morgan fingerprint density at radius 3 is 2.82 bits per heavy atom. The van der Waals surface area contributed by atoms with Crippen LogP contribution in [0.1, 0.15) is 16.9 Å². The SMILES string of the molecule is Cc1cccc(-c2ccn(C(/C=C/N3CCOCC3)=Nc3csc(CN4CCC(N(C)C)C(F)C4)c3)n2)c1. The molecular weight excluding hydrogens is 499 g/mol. The second-order valence-corrected chi connectivity index (χ2v) is 11.3. The number of likely N-dealkylation sites (tertiary alicyclic amines) is 1. The summed E-state index contributed by atoms with van der Waals surface area (Å²) in [6.45, 7) is 7.40. The molecule has 9 heteroatoms. The van der Waals surface area contributed by atoms with Crippen molar-refractivity contribution in [3.05, 3.63) is 70.7 Å². The second-order valence-electron chi connectivity index (χ2n) is 10.3. The lowest BCUT2D eigenvalue weighted by Crippen LogP contribution is -2.49. The smallest absolute Gasteiger partial charge is 0.155 e. The highest BCUT2D eigenvalue weighted by Crippen LogP contribution is 2.27. The van der Waals surface area contributed by atoms with Gasteiger partial charge in [0.25, 0.3) is 0 Å². The van der Waals surface area contributed by atoms with Crippen molar-refractivity contribution >= 4 is 22.9 Å². The van der Waals surface area contributed by atoms with Gasteiger partial charge in [-0.3, -0.25) is 4.90 Å². The molecule has 3 aromatic rings. The molecule has 2 fully saturated rings. The molecule has 7 nitrogen and oxygen atoms in total. The van der Waals surface area contributed by atoms with Gasteiger partial charge < -0.3 is 14.5 Å². The first-order valence-corrected chi connectivity index (χ1v) is 14.1. The number of piperidine rings is 1. The van der Waals surface area contributed by atoms with Crippen LogP contribution in [-0.2, 0) is 11.3 Å². The predicted octanol–water partition coefficient (Wildman–Crippen LogP) is 4.82. The zero-order chi connectivity index (χ0) is 26.5. The quantitative estimate of drug-likeness (QED) is 0.320. The van der Waals surface area contributed by atoms with Gasteiger partial charge in [0, 0.05) is 67.0 Å². The minimum atomic E-state index is -0.824. The lowest BCUT2D eigenvalue weighted by Gasteiger charge is -2.37. The van der Waals surface area contributed by atoms with Crippen molar-refractivity contribution in [1.29, 1.82) is 0 Å². The van der Waals surface area contributed by atoms with E-state index in [9.17, 15) is 4.39 Å². The van der Waals surface area contributed by atoms with Crippen molar-refractivity contribution < 1.29 is 9.13 Å². The van der Waals surface area contributed by atoms with E-state index in [0.717, 1.165) is 68.6 Å². The molecule has 0 saturated carbocycles. The molecule has 2 aromatic heterocycles. The van der Waals surface area contributed by atoms with Crippen LogP contribution in [-0.4, -0.2) is 96.0 Å². The summed E-state index contributed by atoms with van der Waals surface area (Å²) in [5.74, 6) is 0.746. The van der Waals surface area contributed by atoms with Gasteiger partial charge in [-0.25, -0.2) is 14.1 Å². The summed E-state index contributed by atoms with van der Waals surface area (Å²) in [4.78, 5) is 12.6. The van der Waals surface area contributed by atoms with Gasteiger partial charge in [0.05, 0.1) is 24.6 Å². The molecule has 4 heterocycles. The largest absolute Gasteiger partial charge is 0.378 e. The zero-order valence-corrected chi connectivity index (χ0v) is 23.3. The molecular formula is C29H37FN6OS. The van der Waals surface area contributed by atoms with Gasteiger partial charge >= 0.3 is 0 Å². The van der Waals surface area contributed by atoms with Crippen molar-refractivity contribution in [3.8, 4) is 11.3 Å². The maximum absolute atomic E-state index is 14.7. The molecule has 2 aliphatic rings. The van der Waals surface area contributed by atoms with Crippen molar-refractivity contribution in [2.75, 3.05) is 53.5 Å². The number of alkyl halides is 1. The highest BCUT2D eigenvalue weighted by Gasteiger charge is 2.30. The lowest BCUT2D eigenvalue weighted by atomic mass is 10.0. The van der Waals surface area contributed by atoms with Crippen molar-refractivity contribution in [2.45, 2.75) is 32.1 Å². The summed E-state index contributed by atoms with van der Waals surface area (Å²) in [5, 5.41) is 6.92. The topological polar surface area (TPSA) is 49.1 Å². The Labute approximate surface area is 228 Å². The van der Waals surface area contributed by atoms with Crippen LogP contribution in [0.15, 0.2) is 65.2 Å². The number of nitrogens with zero attached hydrogens (tertiary/aromatic N) is 6. The van der Waals surface area contributed by atoms with E-state index in [1.165, 1.54) is 10.4 Å². The fourth-order valence-corrected chi connectivity index (χ4v) is 5.86. The minimum absolute atomic E-state index is 0.00863. The summed E-state index contributed by atoms with van der Waals surface area (Å²) in [6.07, 6.45) is 6.09. The highest BCUT2D eigenvalue weighted by atomic mass is 32.1. The third-order valence-corrected chi connectivity index (χ3v) is 8.04. The maximum atomic E-state index is 14.7. The van der Waals surface area contributed by atoms with E-state index < -0.39 is 6.17 Å². The number of allylic oxidation sites excluding steroid dienone is 1. The molecule has 0 spiro atoms.